The number of benzene rings is 1. The van der Waals surface area contributed by atoms with Crippen LogP contribution in [0.15, 0.2) is 48.8 Å². The number of aromatic nitrogens is 1. The lowest BCUT2D eigenvalue weighted by Crippen LogP contribution is -2.43. The highest BCUT2D eigenvalue weighted by atomic mass is 35.5. The van der Waals surface area contributed by atoms with Crippen molar-refractivity contribution in [2.45, 2.75) is 11.8 Å². The van der Waals surface area contributed by atoms with E-state index in [4.69, 9.17) is 11.6 Å². The summed E-state index contributed by atoms with van der Waals surface area (Å²) in [6.45, 7) is 0. The predicted molar refractivity (Wildman–Crippen MR) is 64.7 cm³/mol. The highest BCUT2D eigenvalue weighted by Gasteiger charge is 2.57. The average molecular weight is 288 g/mol. The summed E-state index contributed by atoms with van der Waals surface area (Å²) in [7, 11) is 0. The maximum Gasteiger partial charge on any atom is 0.425 e. The standard InChI is InChI=1S/C13H9ClF3NO/c14-11-4-2-1-3-10(11)12(19,13(15,16)17)9-5-7-18-8-6-9/h1-8,19H. The number of aliphatic hydroxyl groups is 1. The molecule has 0 aliphatic rings. The van der Waals surface area contributed by atoms with E-state index in [1.165, 1.54) is 30.6 Å². The monoisotopic (exact) mass is 287 g/mol. The first-order valence-electron chi connectivity index (χ1n) is 5.32. The van der Waals surface area contributed by atoms with Gasteiger partial charge in [-0.05, 0) is 18.2 Å². The van der Waals surface area contributed by atoms with E-state index in [2.05, 4.69) is 4.98 Å². The molecule has 0 aliphatic heterocycles. The molecule has 1 aromatic heterocycles. The molecule has 1 unspecified atom stereocenters. The van der Waals surface area contributed by atoms with Gasteiger partial charge in [0.25, 0.3) is 0 Å². The van der Waals surface area contributed by atoms with Crippen LogP contribution in [0.4, 0.5) is 13.2 Å². The van der Waals surface area contributed by atoms with Crippen molar-refractivity contribution in [2.24, 2.45) is 0 Å². The molecule has 100 valence electrons. The Balaban J connectivity index is 2.71. The second-order valence-electron chi connectivity index (χ2n) is 3.92. The molecule has 2 aromatic rings. The first kappa shape index (κ1) is 13.8. The molecule has 0 saturated heterocycles. The zero-order valence-electron chi connectivity index (χ0n) is 9.53. The quantitative estimate of drug-likeness (QED) is 0.916. The van der Waals surface area contributed by atoms with Crippen molar-refractivity contribution >= 4 is 11.6 Å². The fourth-order valence-electron chi connectivity index (χ4n) is 1.82. The van der Waals surface area contributed by atoms with E-state index in [-0.39, 0.29) is 10.6 Å². The maximum absolute atomic E-state index is 13.3. The van der Waals surface area contributed by atoms with E-state index < -0.39 is 17.3 Å². The van der Waals surface area contributed by atoms with Gasteiger partial charge in [0.15, 0.2) is 0 Å². The van der Waals surface area contributed by atoms with Crippen molar-refractivity contribution in [3.63, 3.8) is 0 Å². The van der Waals surface area contributed by atoms with E-state index in [0.717, 1.165) is 18.2 Å². The van der Waals surface area contributed by atoms with Crippen molar-refractivity contribution in [2.75, 3.05) is 0 Å². The Hall–Kier alpha value is -1.59. The molecule has 0 fully saturated rings. The number of rotatable bonds is 2. The Morgan fingerprint density at radius 2 is 1.58 bits per heavy atom. The molecular formula is C13H9ClF3NO. The zero-order chi connectivity index (χ0) is 14.1. The molecular weight excluding hydrogens is 279 g/mol. The lowest BCUT2D eigenvalue weighted by atomic mass is 9.86. The van der Waals surface area contributed by atoms with Gasteiger partial charge in [-0.3, -0.25) is 4.98 Å². The van der Waals surface area contributed by atoms with Crippen molar-refractivity contribution in [1.82, 2.24) is 4.98 Å². The van der Waals surface area contributed by atoms with Crippen LogP contribution in [0.5, 0.6) is 0 Å². The van der Waals surface area contributed by atoms with Crippen molar-refractivity contribution in [1.29, 1.82) is 0 Å². The summed E-state index contributed by atoms with van der Waals surface area (Å²) in [5.41, 5.74) is -3.90. The molecule has 0 amide bonds. The van der Waals surface area contributed by atoms with Gasteiger partial charge in [0, 0.05) is 28.5 Å². The van der Waals surface area contributed by atoms with Gasteiger partial charge < -0.3 is 5.11 Å². The number of alkyl halides is 3. The van der Waals surface area contributed by atoms with Gasteiger partial charge >= 0.3 is 6.18 Å². The number of halogens is 4. The molecule has 6 heteroatoms. The smallest absolute Gasteiger partial charge is 0.372 e. The zero-order valence-corrected chi connectivity index (χ0v) is 10.3. The third-order valence-corrected chi connectivity index (χ3v) is 3.10. The normalized spacial score (nSPS) is 15.0. The molecule has 1 heterocycles. The van der Waals surface area contributed by atoms with Crippen LogP contribution in [0.25, 0.3) is 0 Å². The summed E-state index contributed by atoms with van der Waals surface area (Å²) < 4.78 is 40.0. The minimum Gasteiger partial charge on any atom is -0.372 e. The van der Waals surface area contributed by atoms with Crippen molar-refractivity contribution < 1.29 is 18.3 Å². The molecule has 0 spiro atoms. The summed E-state index contributed by atoms with van der Waals surface area (Å²) in [6, 6.07) is 7.55. The second kappa shape index (κ2) is 4.83. The molecule has 1 atom stereocenters. The summed E-state index contributed by atoms with van der Waals surface area (Å²) in [5, 5.41) is 10.1. The first-order valence-corrected chi connectivity index (χ1v) is 5.70. The lowest BCUT2D eigenvalue weighted by molar-refractivity contribution is -0.248. The summed E-state index contributed by atoms with van der Waals surface area (Å²) >= 11 is 5.79. The van der Waals surface area contributed by atoms with Crippen molar-refractivity contribution in [3.8, 4) is 0 Å². The van der Waals surface area contributed by atoms with E-state index in [9.17, 15) is 18.3 Å². The molecule has 1 aromatic carbocycles. The number of hydrogen-bond acceptors (Lipinski definition) is 2. The van der Waals surface area contributed by atoms with Crippen LogP contribution in [0.2, 0.25) is 5.02 Å². The van der Waals surface area contributed by atoms with Crippen LogP contribution in [-0.4, -0.2) is 16.3 Å². The lowest BCUT2D eigenvalue weighted by Gasteiger charge is -2.32. The van der Waals surface area contributed by atoms with Gasteiger partial charge in [0.05, 0.1) is 0 Å². The van der Waals surface area contributed by atoms with Gasteiger partial charge in [-0.1, -0.05) is 29.8 Å². The molecule has 0 bridgehead atoms. The molecule has 0 aliphatic carbocycles. The van der Waals surface area contributed by atoms with Gasteiger partial charge in [0.1, 0.15) is 0 Å². The van der Waals surface area contributed by atoms with Gasteiger partial charge in [-0.15, -0.1) is 0 Å². The second-order valence-corrected chi connectivity index (χ2v) is 4.33. The average Bonchev–Trinajstić information content (AvgIpc) is 2.38. The molecule has 19 heavy (non-hydrogen) atoms. The van der Waals surface area contributed by atoms with Gasteiger partial charge in [-0.25, -0.2) is 0 Å². The Kier molecular flexibility index (Phi) is 3.52. The molecule has 0 radical (unpaired) electrons. The van der Waals surface area contributed by atoms with E-state index >= 15 is 0 Å². The van der Waals surface area contributed by atoms with Crippen LogP contribution in [0.1, 0.15) is 11.1 Å². The van der Waals surface area contributed by atoms with Crippen LogP contribution in [-0.2, 0) is 5.60 Å². The third kappa shape index (κ3) is 2.31. The predicted octanol–water partition coefficient (Wildman–Crippen LogP) is 3.53. The van der Waals surface area contributed by atoms with E-state index in [1.807, 2.05) is 0 Å². The van der Waals surface area contributed by atoms with E-state index in [0.29, 0.717) is 0 Å². The largest absolute Gasteiger partial charge is 0.425 e. The highest BCUT2D eigenvalue weighted by Crippen LogP contribution is 2.46. The fraction of sp³-hybridized carbons (Fsp3) is 0.154. The first-order chi connectivity index (χ1) is 8.87. The third-order valence-electron chi connectivity index (χ3n) is 2.77. The van der Waals surface area contributed by atoms with Crippen LogP contribution in [0, 0.1) is 0 Å². The minimum absolute atomic E-state index is 0.154. The highest BCUT2D eigenvalue weighted by molar-refractivity contribution is 6.31. The van der Waals surface area contributed by atoms with Crippen LogP contribution in [0.3, 0.4) is 0 Å². The molecule has 2 nitrogen and oxygen atoms in total. The van der Waals surface area contributed by atoms with E-state index in [1.54, 1.807) is 0 Å². The minimum atomic E-state index is -4.90. The number of nitrogens with zero attached hydrogens (tertiary/aromatic N) is 1. The van der Waals surface area contributed by atoms with Crippen LogP contribution >= 0.6 is 11.6 Å². The Morgan fingerprint density at radius 1 is 1.00 bits per heavy atom. The number of pyridine rings is 1. The van der Waals surface area contributed by atoms with Gasteiger partial charge in [0.2, 0.25) is 5.60 Å². The Bertz CT molecular complexity index is 574. The Labute approximate surface area is 112 Å². The summed E-state index contributed by atoms with van der Waals surface area (Å²) in [4.78, 5) is 3.65. The van der Waals surface area contributed by atoms with Crippen molar-refractivity contribution in [3.05, 3.63) is 64.9 Å². The summed E-state index contributed by atoms with van der Waals surface area (Å²) in [6.07, 6.45) is -2.54. The number of hydrogen-bond donors (Lipinski definition) is 1. The van der Waals surface area contributed by atoms with Gasteiger partial charge in [-0.2, -0.15) is 13.2 Å². The molecule has 0 saturated carbocycles. The summed E-state index contributed by atoms with van der Waals surface area (Å²) in [5.74, 6) is 0. The van der Waals surface area contributed by atoms with Crippen LogP contribution < -0.4 is 0 Å². The molecule has 1 N–H and O–H groups in total. The Morgan fingerprint density at radius 3 is 2.11 bits per heavy atom. The maximum atomic E-state index is 13.3. The topological polar surface area (TPSA) is 33.1 Å². The fourth-order valence-corrected chi connectivity index (χ4v) is 2.09. The SMILES string of the molecule is OC(c1ccncc1)(c1ccccc1Cl)C(F)(F)F. The molecule has 2 rings (SSSR count).